The molecule has 0 aliphatic carbocycles. The van der Waals surface area contributed by atoms with Gasteiger partial charge in [-0.2, -0.15) is 0 Å². The number of hydrogen-bond acceptors (Lipinski definition) is 5. The monoisotopic (exact) mass is 318 g/mol. The van der Waals surface area contributed by atoms with Gasteiger partial charge < -0.3 is 14.5 Å². The number of oxime groups is 1. The molecule has 5 nitrogen and oxygen atoms in total. The van der Waals surface area contributed by atoms with E-state index in [0.717, 1.165) is 30.8 Å². The Kier molecular flexibility index (Phi) is 6.16. The van der Waals surface area contributed by atoms with Crippen molar-refractivity contribution >= 4 is 11.7 Å². The van der Waals surface area contributed by atoms with Gasteiger partial charge in [-0.1, -0.05) is 19.0 Å². The summed E-state index contributed by atoms with van der Waals surface area (Å²) in [4.78, 5) is 19.5. The molecule has 1 aromatic rings. The minimum Gasteiger partial charge on any atom is -0.494 e. The molecule has 126 valence electrons. The third-order valence-electron chi connectivity index (χ3n) is 4.20. The number of rotatable bonds is 5. The van der Waals surface area contributed by atoms with Crippen molar-refractivity contribution in [2.45, 2.75) is 39.7 Å². The molecule has 0 bridgehead atoms. The summed E-state index contributed by atoms with van der Waals surface area (Å²) in [6.45, 7) is 7.91. The lowest BCUT2D eigenvalue weighted by Crippen LogP contribution is -2.43. The first-order valence-corrected chi connectivity index (χ1v) is 8.22. The highest BCUT2D eigenvalue weighted by molar-refractivity contribution is 5.92. The maximum atomic E-state index is 12.1. The van der Waals surface area contributed by atoms with Crippen LogP contribution in [0.1, 0.15) is 44.0 Å². The van der Waals surface area contributed by atoms with Crippen molar-refractivity contribution in [3.05, 3.63) is 29.8 Å². The van der Waals surface area contributed by atoms with Crippen molar-refractivity contribution in [1.82, 2.24) is 4.90 Å². The van der Waals surface area contributed by atoms with Crippen molar-refractivity contribution in [2.24, 2.45) is 11.1 Å². The molecule has 0 N–H and O–H groups in total. The standard InChI is InChI=1S/C18H26N2O3/c1-5-10-22-16-8-6-15(7-9-16)18(21)23-19-17-11-14(3)20(4)12-13(17)2/h6-9,13-14H,5,10-12H2,1-4H3/b19-17-/t13-,14+/m0/s1. The van der Waals surface area contributed by atoms with Crippen molar-refractivity contribution in [3.8, 4) is 5.75 Å². The largest absolute Gasteiger partial charge is 0.494 e. The third-order valence-corrected chi connectivity index (χ3v) is 4.20. The van der Waals surface area contributed by atoms with E-state index in [9.17, 15) is 4.79 Å². The molecule has 0 amide bonds. The average molecular weight is 318 g/mol. The van der Waals surface area contributed by atoms with Gasteiger partial charge in [-0.15, -0.1) is 0 Å². The second-order valence-electron chi connectivity index (χ2n) is 6.23. The molecular weight excluding hydrogens is 292 g/mol. The van der Waals surface area contributed by atoms with Crippen molar-refractivity contribution < 1.29 is 14.4 Å². The van der Waals surface area contributed by atoms with Crippen LogP contribution < -0.4 is 4.74 Å². The van der Waals surface area contributed by atoms with Gasteiger partial charge in [0.1, 0.15) is 5.75 Å². The predicted molar refractivity (Wildman–Crippen MR) is 91.0 cm³/mol. The lowest BCUT2D eigenvalue weighted by molar-refractivity contribution is 0.0508. The molecule has 0 radical (unpaired) electrons. The van der Waals surface area contributed by atoms with E-state index >= 15 is 0 Å². The van der Waals surface area contributed by atoms with Crippen LogP contribution in [-0.2, 0) is 4.84 Å². The van der Waals surface area contributed by atoms with E-state index in [0.29, 0.717) is 24.1 Å². The van der Waals surface area contributed by atoms with Crippen molar-refractivity contribution in [1.29, 1.82) is 0 Å². The number of benzene rings is 1. The number of likely N-dealkylation sites (tertiary alicyclic amines) is 1. The highest BCUT2D eigenvalue weighted by Gasteiger charge is 2.26. The SMILES string of the molecule is CCCOc1ccc(C(=O)O/N=C2/C[C@@H](C)N(C)C[C@@H]2C)cc1. The summed E-state index contributed by atoms with van der Waals surface area (Å²) < 4.78 is 5.50. The first-order chi connectivity index (χ1) is 11.0. The number of ether oxygens (including phenoxy) is 1. The fourth-order valence-electron chi connectivity index (χ4n) is 2.56. The Hall–Kier alpha value is -1.88. The van der Waals surface area contributed by atoms with Crippen LogP contribution in [0.3, 0.4) is 0 Å². The van der Waals surface area contributed by atoms with Gasteiger partial charge in [0.15, 0.2) is 0 Å². The summed E-state index contributed by atoms with van der Waals surface area (Å²) in [5.41, 5.74) is 1.43. The summed E-state index contributed by atoms with van der Waals surface area (Å²) in [5.74, 6) is 0.625. The summed E-state index contributed by atoms with van der Waals surface area (Å²) in [6, 6.07) is 7.38. The van der Waals surface area contributed by atoms with Crippen LogP contribution in [0.15, 0.2) is 29.4 Å². The Balaban J connectivity index is 1.95. The summed E-state index contributed by atoms with van der Waals surface area (Å²) >= 11 is 0. The average Bonchev–Trinajstić information content (AvgIpc) is 2.55. The fourth-order valence-corrected chi connectivity index (χ4v) is 2.56. The molecule has 23 heavy (non-hydrogen) atoms. The molecule has 1 heterocycles. The second-order valence-corrected chi connectivity index (χ2v) is 6.23. The molecule has 1 aliphatic rings. The van der Waals surface area contributed by atoms with Crippen LogP contribution in [-0.4, -0.2) is 42.8 Å². The summed E-state index contributed by atoms with van der Waals surface area (Å²) in [5, 5.41) is 4.11. The van der Waals surface area contributed by atoms with Gasteiger partial charge in [0.05, 0.1) is 17.9 Å². The van der Waals surface area contributed by atoms with Gasteiger partial charge in [-0.3, -0.25) is 0 Å². The summed E-state index contributed by atoms with van der Waals surface area (Å²) in [7, 11) is 2.10. The molecule has 1 aliphatic heterocycles. The van der Waals surface area contributed by atoms with Crippen LogP contribution in [0, 0.1) is 5.92 Å². The number of carbonyl (C=O) groups excluding carboxylic acids is 1. The van der Waals surface area contributed by atoms with E-state index in [1.807, 2.05) is 0 Å². The Morgan fingerprint density at radius 2 is 2.00 bits per heavy atom. The molecule has 2 atom stereocenters. The van der Waals surface area contributed by atoms with Crippen LogP contribution in [0.5, 0.6) is 5.75 Å². The molecule has 1 aromatic carbocycles. The van der Waals surface area contributed by atoms with Gasteiger partial charge in [-0.05, 0) is 44.7 Å². The molecule has 0 spiro atoms. The molecule has 0 unspecified atom stereocenters. The first-order valence-electron chi connectivity index (χ1n) is 8.22. The molecular formula is C18H26N2O3. The predicted octanol–water partition coefficient (Wildman–Crippen LogP) is 3.35. The van der Waals surface area contributed by atoms with Gasteiger partial charge >= 0.3 is 5.97 Å². The van der Waals surface area contributed by atoms with Crippen LogP contribution >= 0.6 is 0 Å². The highest BCUT2D eigenvalue weighted by Crippen LogP contribution is 2.19. The minimum atomic E-state index is -0.432. The molecule has 2 rings (SSSR count). The first kappa shape index (κ1) is 17.5. The third kappa shape index (κ3) is 4.79. The Bertz CT molecular complexity index is 554. The normalized spacial score (nSPS) is 23.7. The van der Waals surface area contributed by atoms with E-state index < -0.39 is 5.97 Å². The van der Waals surface area contributed by atoms with Crippen LogP contribution in [0.2, 0.25) is 0 Å². The Labute approximate surface area is 138 Å². The van der Waals surface area contributed by atoms with Gasteiger partial charge in [0, 0.05) is 24.9 Å². The minimum absolute atomic E-state index is 0.300. The molecule has 1 saturated heterocycles. The van der Waals surface area contributed by atoms with Gasteiger partial charge in [0.2, 0.25) is 0 Å². The fraction of sp³-hybridized carbons (Fsp3) is 0.556. The number of piperidine rings is 1. The summed E-state index contributed by atoms with van der Waals surface area (Å²) in [6.07, 6.45) is 1.78. The maximum absolute atomic E-state index is 12.1. The van der Waals surface area contributed by atoms with Crippen molar-refractivity contribution in [2.75, 3.05) is 20.2 Å². The Morgan fingerprint density at radius 1 is 1.30 bits per heavy atom. The zero-order chi connectivity index (χ0) is 16.8. The second kappa shape index (κ2) is 8.11. The Morgan fingerprint density at radius 3 is 2.65 bits per heavy atom. The van der Waals surface area contributed by atoms with E-state index in [2.05, 4.69) is 37.9 Å². The van der Waals surface area contributed by atoms with Gasteiger partial charge in [0.25, 0.3) is 0 Å². The van der Waals surface area contributed by atoms with E-state index in [1.165, 1.54) is 0 Å². The quantitative estimate of drug-likeness (QED) is 0.617. The molecule has 5 heteroatoms. The van der Waals surface area contributed by atoms with Crippen LogP contribution in [0.25, 0.3) is 0 Å². The van der Waals surface area contributed by atoms with E-state index in [-0.39, 0.29) is 0 Å². The lowest BCUT2D eigenvalue weighted by Gasteiger charge is -2.34. The zero-order valence-corrected chi connectivity index (χ0v) is 14.4. The highest BCUT2D eigenvalue weighted by atomic mass is 16.7. The maximum Gasteiger partial charge on any atom is 0.365 e. The zero-order valence-electron chi connectivity index (χ0n) is 14.4. The number of carbonyl (C=O) groups is 1. The van der Waals surface area contributed by atoms with E-state index in [1.54, 1.807) is 24.3 Å². The van der Waals surface area contributed by atoms with E-state index in [4.69, 9.17) is 9.57 Å². The number of nitrogens with zero attached hydrogens (tertiary/aromatic N) is 2. The van der Waals surface area contributed by atoms with Gasteiger partial charge in [-0.25, -0.2) is 4.79 Å². The molecule has 0 saturated carbocycles. The van der Waals surface area contributed by atoms with Crippen molar-refractivity contribution in [3.63, 3.8) is 0 Å². The topological polar surface area (TPSA) is 51.1 Å². The van der Waals surface area contributed by atoms with Crippen LogP contribution in [0.4, 0.5) is 0 Å². The lowest BCUT2D eigenvalue weighted by atomic mass is 9.93. The molecule has 1 fully saturated rings. The molecule has 0 aromatic heterocycles. The smallest absolute Gasteiger partial charge is 0.365 e. The number of hydrogen-bond donors (Lipinski definition) is 0.